The summed E-state index contributed by atoms with van der Waals surface area (Å²) in [6, 6.07) is 15.5. The number of hydrogen-bond acceptors (Lipinski definition) is 3. The number of methoxy groups -OCH3 is 1. The van der Waals surface area contributed by atoms with Crippen LogP contribution in [-0.2, 0) is 17.8 Å². The Morgan fingerprint density at radius 2 is 1.83 bits per heavy atom. The smallest absolute Gasteiger partial charge is 0.230 e. The molecule has 0 aliphatic carbocycles. The fourth-order valence-corrected chi connectivity index (χ4v) is 2.31. The van der Waals surface area contributed by atoms with Gasteiger partial charge >= 0.3 is 0 Å². The van der Waals surface area contributed by atoms with E-state index in [2.05, 4.69) is 10.6 Å². The summed E-state index contributed by atoms with van der Waals surface area (Å²) in [4.78, 5) is 12.0. The molecule has 4 nitrogen and oxygen atoms in total. The fourth-order valence-electron chi connectivity index (χ4n) is 2.12. The van der Waals surface area contributed by atoms with Crippen LogP contribution in [0.2, 0.25) is 0 Å². The zero-order valence-corrected chi connectivity index (χ0v) is 14.1. The van der Waals surface area contributed by atoms with E-state index < -0.39 is 0 Å². The second-order valence-corrected chi connectivity index (χ2v) is 5.59. The first kappa shape index (κ1) is 17.0. The molecule has 1 amide bonds. The number of hydrogen-bond donors (Lipinski definition) is 2. The summed E-state index contributed by atoms with van der Waals surface area (Å²) in [7, 11) is 1.63. The highest BCUT2D eigenvalue weighted by molar-refractivity contribution is 7.80. The van der Waals surface area contributed by atoms with Gasteiger partial charge in [-0.05, 0) is 48.0 Å². The molecule has 0 heterocycles. The van der Waals surface area contributed by atoms with E-state index in [0.29, 0.717) is 18.1 Å². The first-order valence-electron chi connectivity index (χ1n) is 7.33. The molecule has 2 rings (SSSR count). The normalized spacial score (nSPS) is 10.0. The Hall–Kier alpha value is -2.40. The number of rotatable bonds is 5. The van der Waals surface area contributed by atoms with Crippen molar-refractivity contribution >= 4 is 23.2 Å². The predicted molar refractivity (Wildman–Crippen MR) is 95.5 cm³/mol. The minimum atomic E-state index is -0.119. The number of aryl methyl sites for hydroxylation is 1. The number of nitrogens with one attached hydrogen (secondary N) is 2. The molecule has 0 unspecified atom stereocenters. The van der Waals surface area contributed by atoms with Crippen LogP contribution in [0.15, 0.2) is 48.5 Å². The van der Waals surface area contributed by atoms with Crippen molar-refractivity contribution in [2.45, 2.75) is 19.9 Å². The minimum absolute atomic E-state index is 0.119. The zero-order valence-electron chi connectivity index (χ0n) is 13.3. The number of ether oxygens (including phenoxy) is 1. The van der Waals surface area contributed by atoms with Gasteiger partial charge in [0.15, 0.2) is 5.11 Å². The lowest BCUT2D eigenvalue weighted by atomic mass is 10.1. The number of benzene rings is 2. The van der Waals surface area contributed by atoms with Crippen molar-refractivity contribution in [1.29, 1.82) is 0 Å². The van der Waals surface area contributed by atoms with Gasteiger partial charge in [-0.1, -0.05) is 36.4 Å². The van der Waals surface area contributed by atoms with Crippen LogP contribution in [0.1, 0.15) is 16.7 Å². The van der Waals surface area contributed by atoms with Crippen LogP contribution in [0, 0.1) is 6.92 Å². The highest BCUT2D eigenvalue weighted by atomic mass is 32.1. The van der Waals surface area contributed by atoms with Gasteiger partial charge < -0.3 is 15.4 Å². The number of carbonyl (C=O) groups is 1. The average molecular weight is 328 g/mol. The molecule has 2 aromatic rings. The van der Waals surface area contributed by atoms with Crippen molar-refractivity contribution in [3.05, 3.63) is 65.2 Å². The summed E-state index contributed by atoms with van der Waals surface area (Å²) in [5.41, 5.74) is 3.16. The first-order valence-corrected chi connectivity index (χ1v) is 7.74. The van der Waals surface area contributed by atoms with E-state index >= 15 is 0 Å². The number of carbonyl (C=O) groups excluding carboxylic acids is 1. The van der Waals surface area contributed by atoms with Crippen LogP contribution in [0.4, 0.5) is 0 Å². The predicted octanol–water partition coefficient (Wildman–Crippen LogP) is 2.74. The molecular formula is C18H20N2O2S. The second-order valence-electron chi connectivity index (χ2n) is 5.18. The Balaban J connectivity index is 1.79. The van der Waals surface area contributed by atoms with E-state index in [1.807, 2.05) is 55.5 Å². The zero-order chi connectivity index (χ0) is 16.7. The average Bonchev–Trinajstić information content (AvgIpc) is 2.55. The van der Waals surface area contributed by atoms with Crippen LogP contribution in [0.5, 0.6) is 5.75 Å². The quantitative estimate of drug-likeness (QED) is 0.829. The molecule has 120 valence electrons. The van der Waals surface area contributed by atoms with Crippen molar-refractivity contribution in [3.63, 3.8) is 0 Å². The number of amides is 1. The molecule has 0 atom stereocenters. The summed E-state index contributed by atoms with van der Waals surface area (Å²) in [5.74, 6) is 0.689. The van der Waals surface area contributed by atoms with E-state index in [0.717, 1.165) is 22.4 Å². The summed E-state index contributed by atoms with van der Waals surface area (Å²) >= 11 is 5.16. The Labute approximate surface area is 141 Å². The third kappa shape index (κ3) is 5.38. The topological polar surface area (TPSA) is 50.4 Å². The van der Waals surface area contributed by atoms with Gasteiger partial charge in [-0.25, -0.2) is 0 Å². The van der Waals surface area contributed by atoms with Crippen LogP contribution in [0.3, 0.4) is 0 Å². The van der Waals surface area contributed by atoms with Gasteiger partial charge in [0.1, 0.15) is 5.75 Å². The summed E-state index contributed by atoms with van der Waals surface area (Å²) in [6.45, 7) is 2.54. The Morgan fingerprint density at radius 1 is 1.13 bits per heavy atom. The lowest BCUT2D eigenvalue weighted by molar-refractivity contribution is -0.119. The van der Waals surface area contributed by atoms with Crippen LogP contribution >= 0.6 is 12.2 Å². The van der Waals surface area contributed by atoms with Crippen molar-refractivity contribution in [1.82, 2.24) is 10.6 Å². The van der Waals surface area contributed by atoms with E-state index in [1.165, 1.54) is 0 Å². The lowest BCUT2D eigenvalue weighted by Crippen LogP contribution is -2.39. The molecule has 2 aromatic carbocycles. The molecule has 0 saturated carbocycles. The third-order valence-electron chi connectivity index (χ3n) is 3.48. The molecule has 0 aliphatic heterocycles. The molecule has 0 aliphatic rings. The Bertz CT molecular complexity index is 684. The maximum atomic E-state index is 12.0. The van der Waals surface area contributed by atoms with E-state index in [1.54, 1.807) is 7.11 Å². The first-order chi connectivity index (χ1) is 11.1. The third-order valence-corrected chi connectivity index (χ3v) is 3.72. The van der Waals surface area contributed by atoms with Crippen molar-refractivity contribution < 1.29 is 9.53 Å². The SMILES string of the molecule is COc1ccc(CNC(=S)NC(=O)Cc2ccccc2C)cc1. The standard InChI is InChI=1S/C18H20N2O2S/c1-13-5-3-4-6-15(13)11-17(21)20-18(23)19-12-14-7-9-16(22-2)10-8-14/h3-10H,11-12H2,1-2H3,(H2,19,20,21,23). The lowest BCUT2D eigenvalue weighted by Gasteiger charge is -2.11. The van der Waals surface area contributed by atoms with Gasteiger partial charge in [0.05, 0.1) is 13.5 Å². The molecule has 0 aromatic heterocycles. The van der Waals surface area contributed by atoms with Crippen LogP contribution in [-0.4, -0.2) is 18.1 Å². The Morgan fingerprint density at radius 3 is 2.48 bits per heavy atom. The van der Waals surface area contributed by atoms with Crippen LogP contribution < -0.4 is 15.4 Å². The molecule has 0 bridgehead atoms. The van der Waals surface area contributed by atoms with Crippen molar-refractivity contribution in [3.8, 4) is 5.75 Å². The highest BCUT2D eigenvalue weighted by Gasteiger charge is 2.07. The molecule has 0 fully saturated rings. The van der Waals surface area contributed by atoms with Crippen LogP contribution in [0.25, 0.3) is 0 Å². The summed E-state index contributed by atoms with van der Waals surface area (Å²) < 4.78 is 5.11. The maximum Gasteiger partial charge on any atom is 0.230 e. The molecule has 5 heteroatoms. The monoisotopic (exact) mass is 328 g/mol. The molecule has 2 N–H and O–H groups in total. The van der Waals surface area contributed by atoms with Gasteiger partial charge in [-0.15, -0.1) is 0 Å². The van der Waals surface area contributed by atoms with Crippen molar-refractivity contribution in [2.75, 3.05) is 7.11 Å². The summed E-state index contributed by atoms with van der Waals surface area (Å²) in [5, 5.41) is 6.06. The molecule has 23 heavy (non-hydrogen) atoms. The Kier molecular flexibility index (Phi) is 6.11. The molecular weight excluding hydrogens is 308 g/mol. The van der Waals surface area contributed by atoms with Gasteiger partial charge in [-0.3, -0.25) is 4.79 Å². The van der Waals surface area contributed by atoms with Gasteiger partial charge in [0.25, 0.3) is 0 Å². The van der Waals surface area contributed by atoms with Gasteiger partial charge in [0.2, 0.25) is 5.91 Å². The molecule has 0 spiro atoms. The fraction of sp³-hybridized carbons (Fsp3) is 0.222. The van der Waals surface area contributed by atoms with E-state index in [-0.39, 0.29) is 5.91 Å². The molecule has 0 saturated heterocycles. The van der Waals surface area contributed by atoms with Gasteiger partial charge in [0, 0.05) is 6.54 Å². The number of thiocarbonyl (C=S) groups is 1. The summed E-state index contributed by atoms with van der Waals surface area (Å²) in [6.07, 6.45) is 0.316. The van der Waals surface area contributed by atoms with Gasteiger partial charge in [-0.2, -0.15) is 0 Å². The minimum Gasteiger partial charge on any atom is -0.497 e. The van der Waals surface area contributed by atoms with Crippen molar-refractivity contribution in [2.24, 2.45) is 0 Å². The largest absolute Gasteiger partial charge is 0.497 e. The van der Waals surface area contributed by atoms with E-state index in [4.69, 9.17) is 17.0 Å². The van der Waals surface area contributed by atoms with E-state index in [9.17, 15) is 4.79 Å². The highest BCUT2D eigenvalue weighted by Crippen LogP contribution is 2.11. The maximum absolute atomic E-state index is 12.0. The molecule has 0 radical (unpaired) electrons. The second kappa shape index (κ2) is 8.29.